The molecular formula is C19H24N4O2. The van der Waals surface area contributed by atoms with Gasteiger partial charge in [-0.25, -0.2) is 0 Å². The van der Waals surface area contributed by atoms with Crippen LogP contribution >= 0.6 is 0 Å². The summed E-state index contributed by atoms with van der Waals surface area (Å²) in [7, 11) is 1.67. The van der Waals surface area contributed by atoms with E-state index in [1.54, 1.807) is 7.11 Å². The van der Waals surface area contributed by atoms with Crippen LogP contribution in [0.4, 0.5) is 0 Å². The predicted molar refractivity (Wildman–Crippen MR) is 95.2 cm³/mol. The summed E-state index contributed by atoms with van der Waals surface area (Å²) in [5.74, 6) is 0.972. The molecule has 1 aromatic carbocycles. The minimum Gasteiger partial charge on any atom is -0.497 e. The van der Waals surface area contributed by atoms with Crippen molar-refractivity contribution in [3.05, 3.63) is 36.0 Å². The number of nitrogens with zero attached hydrogens (tertiary/aromatic N) is 2. The number of hydrogen-bond acceptors (Lipinski definition) is 4. The van der Waals surface area contributed by atoms with Crippen LogP contribution in [0.3, 0.4) is 0 Å². The molecule has 2 N–H and O–H groups in total. The number of aromatic nitrogens is 2. The summed E-state index contributed by atoms with van der Waals surface area (Å²) in [5, 5.41) is 10.5. The van der Waals surface area contributed by atoms with Gasteiger partial charge in [-0.3, -0.25) is 14.8 Å². The number of aromatic amines is 1. The number of methoxy groups -OCH3 is 1. The van der Waals surface area contributed by atoms with E-state index in [1.165, 1.54) is 12.8 Å². The Morgan fingerprint density at radius 1 is 1.24 bits per heavy atom. The van der Waals surface area contributed by atoms with E-state index in [9.17, 15) is 4.79 Å². The van der Waals surface area contributed by atoms with Crippen molar-refractivity contribution >= 4 is 5.91 Å². The Morgan fingerprint density at radius 3 is 2.84 bits per heavy atom. The third kappa shape index (κ3) is 3.26. The maximum atomic E-state index is 12.1. The predicted octanol–water partition coefficient (Wildman–Crippen LogP) is 2.33. The fourth-order valence-corrected chi connectivity index (χ4v) is 4.10. The minimum atomic E-state index is 0.137. The van der Waals surface area contributed by atoms with Gasteiger partial charge in [-0.2, -0.15) is 5.10 Å². The van der Waals surface area contributed by atoms with Crippen LogP contribution in [0.1, 0.15) is 31.2 Å². The first kappa shape index (κ1) is 16.1. The molecule has 0 unspecified atom stereocenters. The van der Waals surface area contributed by atoms with Crippen molar-refractivity contribution in [2.24, 2.45) is 0 Å². The van der Waals surface area contributed by atoms with Gasteiger partial charge in [0.2, 0.25) is 5.91 Å². The molecule has 2 fully saturated rings. The molecule has 4 rings (SSSR count). The zero-order valence-corrected chi connectivity index (χ0v) is 14.5. The number of carbonyl (C=O) groups excluding carboxylic acids is 1. The summed E-state index contributed by atoms with van der Waals surface area (Å²) in [5.41, 5.74) is 3.22. The van der Waals surface area contributed by atoms with E-state index in [0.29, 0.717) is 18.6 Å². The molecule has 2 atom stereocenters. The number of rotatable bonds is 4. The van der Waals surface area contributed by atoms with Gasteiger partial charge in [0.05, 0.1) is 25.5 Å². The van der Waals surface area contributed by atoms with Crippen molar-refractivity contribution in [1.82, 2.24) is 20.4 Å². The zero-order valence-electron chi connectivity index (χ0n) is 14.5. The van der Waals surface area contributed by atoms with Crippen LogP contribution in [0.25, 0.3) is 11.3 Å². The highest BCUT2D eigenvalue weighted by Crippen LogP contribution is 2.29. The average molecular weight is 340 g/mol. The lowest BCUT2D eigenvalue weighted by atomic mass is 9.87. The maximum Gasteiger partial charge on any atom is 0.234 e. The van der Waals surface area contributed by atoms with Gasteiger partial charge in [0, 0.05) is 29.8 Å². The van der Waals surface area contributed by atoms with E-state index in [-0.39, 0.29) is 5.91 Å². The van der Waals surface area contributed by atoms with Crippen LogP contribution in [0, 0.1) is 0 Å². The van der Waals surface area contributed by atoms with Crippen LogP contribution in [0.2, 0.25) is 0 Å². The number of H-pyrrole nitrogens is 1. The first-order chi connectivity index (χ1) is 12.2. The molecular weight excluding hydrogens is 316 g/mol. The van der Waals surface area contributed by atoms with Gasteiger partial charge < -0.3 is 10.1 Å². The van der Waals surface area contributed by atoms with Crippen LogP contribution in [-0.2, 0) is 11.3 Å². The Hall–Kier alpha value is -2.34. The monoisotopic (exact) mass is 340 g/mol. The number of carbonyl (C=O) groups is 1. The van der Waals surface area contributed by atoms with E-state index >= 15 is 0 Å². The van der Waals surface area contributed by atoms with Crippen LogP contribution in [0.5, 0.6) is 5.75 Å². The molecule has 1 saturated heterocycles. The fourth-order valence-electron chi connectivity index (χ4n) is 4.10. The molecule has 132 valence electrons. The van der Waals surface area contributed by atoms with Gasteiger partial charge in [-0.1, -0.05) is 12.8 Å². The SMILES string of the molecule is COc1ccc(-c2[nH]ncc2CN2CC(=O)N[C@@H]3CCCC[C@H]32)cc1. The third-order valence-corrected chi connectivity index (χ3v) is 5.36. The van der Waals surface area contributed by atoms with Gasteiger partial charge in [-0.05, 0) is 37.1 Å². The number of benzene rings is 1. The van der Waals surface area contributed by atoms with Crippen molar-refractivity contribution in [2.75, 3.05) is 13.7 Å². The first-order valence-electron chi connectivity index (χ1n) is 8.94. The van der Waals surface area contributed by atoms with Crippen molar-refractivity contribution in [1.29, 1.82) is 0 Å². The highest BCUT2D eigenvalue weighted by Gasteiger charge is 2.36. The normalized spacial score (nSPS) is 23.8. The number of hydrogen-bond donors (Lipinski definition) is 2. The van der Waals surface area contributed by atoms with Crippen molar-refractivity contribution in [2.45, 2.75) is 44.3 Å². The van der Waals surface area contributed by atoms with E-state index in [0.717, 1.165) is 42.0 Å². The summed E-state index contributed by atoms with van der Waals surface area (Å²) < 4.78 is 5.23. The smallest absolute Gasteiger partial charge is 0.234 e. The summed E-state index contributed by atoms with van der Waals surface area (Å²) in [4.78, 5) is 14.4. The maximum absolute atomic E-state index is 12.1. The Kier molecular flexibility index (Phi) is 4.44. The molecule has 2 aromatic rings. The molecule has 6 heteroatoms. The van der Waals surface area contributed by atoms with E-state index in [4.69, 9.17) is 4.74 Å². The van der Waals surface area contributed by atoms with Gasteiger partial charge in [0.15, 0.2) is 0 Å². The van der Waals surface area contributed by atoms with Crippen molar-refractivity contribution in [3.63, 3.8) is 0 Å². The summed E-state index contributed by atoms with van der Waals surface area (Å²) in [6.07, 6.45) is 6.57. The Balaban J connectivity index is 1.56. The molecule has 1 aliphatic carbocycles. The van der Waals surface area contributed by atoms with Crippen molar-refractivity contribution in [3.8, 4) is 17.0 Å². The van der Waals surface area contributed by atoms with E-state index in [2.05, 4.69) is 20.4 Å². The van der Waals surface area contributed by atoms with Gasteiger partial charge in [0.25, 0.3) is 0 Å². The molecule has 2 aliphatic rings. The molecule has 1 saturated carbocycles. The lowest BCUT2D eigenvalue weighted by Gasteiger charge is -2.44. The average Bonchev–Trinajstić information content (AvgIpc) is 3.10. The van der Waals surface area contributed by atoms with Crippen LogP contribution in [0.15, 0.2) is 30.5 Å². The summed E-state index contributed by atoms with van der Waals surface area (Å²) >= 11 is 0. The number of fused-ring (bicyclic) bond motifs is 1. The van der Waals surface area contributed by atoms with Gasteiger partial charge in [-0.15, -0.1) is 0 Å². The Labute approximate surface area is 147 Å². The largest absolute Gasteiger partial charge is 0.497 e. The van der Waals surface area contributed by atoms with E-state index in [1.807, 2.05) is 30.5 Å². The molecule has 1 aliphatic heterocycles. The Morgan fingerprint density at radius 2 is 2.04 bits per heavy atom. The zero-order chi connectivity index (χ0) is 17.2. The highest BCUT2D eigenvalue weighted by atomic mass is 16.5. The summed E-state index contributed by atoms with van der Waals surface area (Å²) in [6.45, 7) is 1.21. The fraction of sp³-hybridized carbons (Fsp3) is 0.474. The summed E-state index contributed by atoms with van der Waals surface area (Å²) in [6, 6.07) is 8.69. The second-order valence-electron chi connectivity index (χ2n) is 6.93. The number of ether oxygens (including phenoxy) is 1. The Bertz CT molecular complexity index is 740. The lowest BCUT2D eigenvalue weighted by molar-refractivity contribution is -0.128. The van der Waals surface area contributed by atoms with E-state index < -0.39 is 0 Å². The van der Waals surface area contributed by atoms with Crippen LogP contribution in [-0.4, -0.2) is 46.7 Å². The second kappa shape index (κ2) is 6.88. The molecule has 6 nitrogen and oxygen atoms in total. The van der Waals surface area contributed by atoms with Crippen molar-refractivity contribution < 1.29 is 9.53 Å². The molecule has 25 heavy (non-hydrogen) atoms. The van der Waals surface area contributed by atoms with Gasteiger partial charge >= 0.3 is 0 Å². The molecule has 1 amide bonds. The van der Waals surface area contributed by atoms with Crippen LogP contribution < -0.4 is 10.1 Å². The quantitative estimate of drug-likeness (QED) is 0.896. The standard InChI is InChI=1S/C19H24N4O2/c1-25-15-8-6-13(7-9-15)19-14(10-20-22-19)11-23-12-18(24)21-16-4-2-3-5-17(16)23/h6-10,16-17H,2-5,11-12H2,1H3,(H,20,22)(H,21,24)/t16-,17-/m1/s1. The second-order valence-corrected chi connectivity index (χ2v) is 6.93. The van der Waals surface area contributed by atoms with Gasteiger partial charge in [0.1, 0.15) is 5.75 Å². The number of nitrogens with one attached hydrogen (secondary N) is 2. The molecule has 0 radical (unpaired) electrons. The molecule has 1 aromatic heterocycles. The third-order valence-electron chi connectivity index (χ3n) is 5.36. The molecule has 0 bridgehead atoms. The first-order valence-corrected chi connectivity index (χ1v) is 8.94. The minimum absolute atomic E-state index is 0.137. The lowest BCUT2D eigenvalue weighted by Crippen LogP contribution is -2.61. The molecule has 0 spiro atoms. The highest BCUT2D eigenvalue weighted by molar-refractivity contribution is 5.79. The topological polar surface area (TPSA) is 70.2 Å². The number of amides is 1. The molecule has 2 heterocycles. The number of piperazine rings is 1.